The van der Waals surface area contributed by atoms with Gasteiger partial charge in [0, 0.05) is 4.47 Å². The molecule has 6 nitrogen and oxygen atoms in total. The van der Waals surface area contributed by atoms with Crippen molar-refractivity contribution in [2.75, 3.05) is 6.61 Å². The summed E-state index contributed by atoms with van der Waals surface area (Å²) in [7, 11) is 0. The SMILES string of the molecule is Cc1cc(OCC(=O)NN=Cc2ccc(OC(=O)c3cccc4ccccc34)cc2)c(C(C)C)cc1Br. The highest BCUT2D eigenvalue weighted by atomic mass is 79.9. The predicted molar refractivity (Wildman–Crippen MR) is 150 cm³/mol. The van der Waals surface area contributed by atoms with E-state index in [9.17, 15) is 9.59 Å². The quantitative estimate of drug-likeness (QED) is 0.112. The second-order valence-electron chi connectivity index (χ2n) is 8.86. The van der Waals surface area contributed by atoms with Crippen molar-refractivity contribution >= 4 is 44.8 Å². The molecule has 0 aliphatic heterocycles. The average Bonchev–Trinajstić information content (AvgIpc) is 2.89. The Hall–Kier alpha value is -3.97. The minimum atomic E-state index is -0.424. The number of aryl methyl sites for hydroxylation is 1. The van der Waals surface area contributed by atoms with Gasteiger partial charge in [0.1, 0.15) is 11.5 Å². The Morgan fingerprint density at radius 1 is 1.00 bits per heavy atom. The number of carbonyl (C=O) groups is 2. The van der Waals surface area contributed by atoms with E-state index in [1.54, 1.807) is 30.3 Å². The maximum Gasteiger partial charge on any atom is 0.344 e. The first-order valence-electron chi connectivity index (χ1n) is 11.9. The lowest BCUT2D eigenvalue weighted by atomic mass is 10.0. The molecule has 0 aliphatic rings. The molecule has 0 atom stereocenters. The Bertz CT molecular complexity index is 1460. The van der Waals surface area contributed by atoms with E-state index in [4.69, 9.17) is 9.47 Å². The highest BCUT2D eigenvalue weighted by Crippen LogP contribution is 2.32. The third-order valence-electron chi connectivity index (χ3n) is 5.77. The molecule has 0 fully saturated rings. The fourth-order valence-electron chi connectivity index (χ4n) is 3.79. The first-order chi connectivity index (χ1) is 17.8. The minimum absolute atomic E-state index is 0.152. The van der Waals surface area contributed by atoms with Gasteiger partial charge in [0.05, 0.1) is 11.8 Å². The molecule has 0 unspecified atom stereocenters. The molecule has 37 heavy (non-hydrogen) atoms. The number of nitrogens with one attached hydrogen (secondary N) is 1. The van der Waals surface area contributed by atoms with Crippen LogP contribution in [0.5, 0.6) is 11.5 Å². The zero-order valence-electron chi connectivity index (χ0n) is 20.8. The molecule has 1 amide bonds. The molecule has 4 aromatic carbocycles. The van der Waals surface area contributed by atoms with Crippen LogP contribution in [0.4, 0.5) is 0 Å². The van der Waals surface area contributed by atoms with Crippen molar-refractivity contribution in [3.05, 3.63) is 106 Å². The van der Waals surface area contributed by atoms with Crippen LogP contribution in [0.3, 0.4) is 0 Å². The molecule has 0 spiro atoms. The predicted octanol–water partition coefficient (Wildman–Crippen LogP) is 6.78. The lowest BCUT2D eigenvalue weighted by molar-refractivity contribution is -0.123. The summed E-state index contributed by atoms with van der Waals surface area (Å²) < 4.78 is 12.3. The van der Waals surface area contributed by atoms with E-state index in [-0.39, 0.29) is 18.4 Å². The fraction of sp³-hybridized carbons (Fsp3) is 0.167. The number of carbonyl (C=O) groups excluding carboxylic acids is 2. The molecule has 0 saturated heterocycles. The number of esters is 1. The Morgan fingerprint density at radius 2 is 1.73 bits per heavy atom. The van der Waals surface area contributed by atoms with Crippen molar-refractivity contribution < 1.29 is 19.1 Å². The van der Waals surface area contributed by atoms with Gasteiger partial charge in [-0.15, -0.1) is 0 Å². The second-order valence-corrected chi connectivity index (χ2v) is 9.72. The summed E-state index contributed by atoms with van der Waals surface area (Å²) in [6.45, 7) is 5.97. The molecule has 4 rings (SSSR count). The Kier molecular flexibility index (Phi) is 8.36. The fourth-order valence-corrected chi connectivity index (χ4v) is 4.15. The molecular formula is C30H27BrN2O4. The van der Waals surface area contributed by atoms with E-state index in [0.717, 1.165) is 31.9 Å². The molecule has 0 radical (unpaired) electrons. The summed E-state index contributed by atoms with van der Waals surface area (Å²) in [5.74, 6) is 0.559. The van der Waals surface area contributed by atoms with Gasteiger partial charge in [-0.1, -0.05) is 66.2 Å². The second kappa shape index (κ2) is 11.8. The van der Waals surface area contributed by atoms with Crippen LogP contribution in [-0.2, 0) is 4.79 Å². The number of nitrogens with zero attached hydrogens (tertiary/aromatic N) is 1. The van der Waals surface area contributed by atoms with Crippen LogP contribution in [0.15, 0.2) is 88.4 Å². The molecule has 0 bridgehead atoms. The van der Waals surface area contributed by atoms with Gasteiger partial charge in [-0.25, -0.2) is 10.2 Å². The van der Waals surface area contributed by atoms with E-state index in [0.29, 0.717) is 17.1 Å². The van der Waals surface area contributed by atoms with Gasteiger partial charge in [-0.2, -0.15) is 5.10 Å². The first kappa shape index (κ1) is 26.1. The molecule has 0 heterocycles. The van der Waals surface area contributed by atoms with Crippen LogP contribution in [0.25, 0.3) is 10.8 Å². The summed E-state index contributed by atoms with van der Waals surface area (Å²) in [4.78, 5) is 24.9. The van der Waals surface area contributed by atoms with Crippen LogP contribution in [0.2, 0.25) is 0 Å². The van der Waals surface area contributed by atoms with Crippen molar-refractivity contribution in [2.24, 2.45) is 5.10 Å². The van der Waals surface area contributed by atoms with Gasteiger partial charge < -0.3 is 9.47 Å². The smallest absolute Gasteiger partial charge is 0.344 e. The average molecular weight is 559 g/mol. The van der Waals surface area contributed by atoms with E-state index < -0.39 is 5.97 Å². The van der Waals surface area contributed by atoms with Gasteiger partial charge in [0.15, 0.2) is 6.61 Å². The largest absolute Gasteiger partial charge is 0.483 e. The first-order valence-corrected chi connectivity index (χ1v) is 12.7. The molecule has 0 aromatic heterocycles. The standard InChI is InChI=1S/C30H27BrN2O4/c1-19(2)26-16-27(31)20(3)15-28(26)36-18-29(34)33-32-17-21-11-13-23(14-12-21)37-30(35)25-10-6-8-22-7-4-5-9-24(22)25/h4-17,19H,18H2,1-3H3,(H,33,34). The van der Waals surface area contributed by atoms with Gasteiger partial charge in [-0.05, 0) is 82.8 Å². The summed E-state index contributed by atoms with van der Waals surface area (Å²) in [5.41, 5.74) is 5.77. The van der Waals surface area contributed by atoms with Gasteiger partial charge in [-0.3, -0.25) is 4.79 Å². The van der Waals surface area contributed by atoms with Crippen LogP contribution >= 0.6 is 15.9 Å². The van der Waals surface area contributed by atoms with Crippen LogP contribution in [0.1, 0.15) is 46.8 Å². The topological polar surface area (TPSA) is 77.0 Å². The highest BCUT2D eigenvalue weighted by Gasteiger charge is 2.13. The zero-order valence-corrected chi connectivity index (χ0v) is 22.4. The van der Waals surface area contributed by atoms with Gasteiger partial charge >= 0.3 is 5.97 Å². The van der Waals surface area contributed by atoms with E-state index >= 15 is 0 Å². The Morgan fingerprint density at radius 3 is 2.49 bits per heavy atom. The lowest BCUT2D eigenvalue weighted by Crippen LogP contribution is -2.25. The number of amides is 1. The van der Waals surface area contributed by atoms with Gasteiger partial charge in [0.25, 0.3) is 5.91 Å². The molecule has 0 saturated carbocycles. The number of hydrogen-bond donors (Lipinski definition) is 1. The van der Waals surface area contributed by atoms with Crippen molar-refractivity contribution in [2.45, 2.75) is 26.7 Å². The monoisotopic (exact) mass is 558 g/mol. The summed E-state index contributed by atoms with van der Waals surface area (Å²) >= 11 is 3.54. The van der Waals surface area contributed by atoms with Crippen molar-refractivity contribution in [3.63, 3.8) is 0 Å². The number of hydrogen-bond acceptors (Lipinski definition) is 5. The lowest BCUT2D eigenvalue weighted by Gasteiger charge is -2.15. The summed E-state index contributed by atoms with van der Waals surface area (Å²) in [5, 5.41) is 5.81. The van der Waals surface area contributed by atoms with Crippen LogP contribution < -0.4 is 14.9 Å². The van der Waals surface area contributed by atoms with Crippen molar-refractivity contribution in [1.82, 2.24) is 5.43 Å². The summed E-state index contributed by atoms with van der Waals surface area (Å²) in [6.07, 6.45) is 1.51. The molecule has 4 aromatic rings. The number of rotatable bonds is 8. The third-order valence-corrected chi connectivity index (χ3v) is 6.63. The van der Waals surface area contributed by atoms with Crippen LogP contribution in [-0.4, -0.2) is 24.7 Å². The molecule has 1 N–H and O–H groups in total. The number of hydrazone groups is 1. The minimum Gasteiger partial charge on any atom is -0.483 e. The number of ether oxygens (including phenoxy) is 2. The Balaban J connectivity index is 1.31. The maximum absolute atomic E-state index is 12.7. The number of fused-ring (bicyclic) bond motifs is 1. The Labute approximate surface area is 224 Å². The summed E-state index contributed by atoms with van der Waals surface area (Å²) in [6, 6.07) is 24.0. The molecule has 7 heteroatoms. The number of halogens is 1. The molecule has 0 aliphatic carbocycles. The van der Waals surface area contributed by atoms with Crippen LogP contribution in [0, 0.1) is 6.92 Å². The molecular weight excluding hydrogens is 532 g/mol. The normalized spacial score (nSPS) is 11.2. The maximum atomic E-state index is 12.7. The third kappa shape index (κ3) is 6.62. The zero-order chi connectivity index (χ0) is 26.4. The molecule has 188 valence electrons. The number of benzene rings is 4. The van der Waals surface area contributed by atoms with Gasteiger partial charge in [0.2, 0.25) is 0 Å². The highest BCUT2D eigenvalue weighted by molar-refractivity contribution is 9.10. The van der Waals surface area contributed by atoms with Crippen molar-refractivity contribution in [1.29, 1.82) is 0 Å². The van der Waals surface area contributed by atoms with E-state index in [2.05, 4.69) is 40.3 Å². The van der Waals surface area contributed by atoms with E-state index in [1.165, 1.54) is 6.21 Å². The van der Waals surface area contributed by atoms with E-state index in [1.807, 2.05) is 55.5 Å². The van der Waals surface area contributed by atoms with Crippen molar-refractivity contribution in [3.8, 4) is 11.5 Å².